The molecule has 0 saturated heterocycles. The number of nitrogens with zero attached hydrogens (tertiary/aromatic N) is 1. The van der Waals surface area contributed by atoms with Crippen LogP contribution in [-0.2, 0) is 6.42 Å². The quantitative estimate of drug-likeness (QED) is 0.621. The van der Waals surface area contributed by atoms with Crippen LogP contribution in [-0.4, -0.2) is 18.0 Å². The third kappa shape index (κ3) is 1.65. The van der Waals surface area contributed by atoms with E-state index < -0.39 is 0 Å². The van der Waals surface area contributed by atoms with E-state index in [0.717, 1.165) is 0 Å². The van der Waals surface area contributed by atoms with E-state index in [1.165, 1.54) is 51.6 Å². The molecule has 1 aromatic rings. The molecule has 1 heteroatoms. The summed E-state index contributed by atoms with van der Waals surface area (Å²) in [6.45, 7) is 2.52. The van der Waals surface area contributed by atoms with Gasteiger partial charge in [0.1, 0.15) is 0 Å². The molecule has 0 bridgehead atoms. The normalized spacial score (nSPS) is 27.4. The van der Waals surface area contributed by atoms with Crippen molar-refractivity contribution < 1.29 is 0 Å². The number of fused-ring (bicyclic) bond motifs is 3. The zero-order valence-corrected chi connectivity index (χ0v) is 11.0. The van der Waals surface area contributed by atoms with E-state index in [1.54, 1.807) is 22.3 Å². The van der Waals surface area contributed by atoms with Gasteiger partial charge in [0.25, 0.3) is 0 Å². The minimum atomic E-state index is 0.687. The van der Waals surface area contributed by atoms with Gasteiger partial charge in [-0.2, -0.15) is 0 Å². The molecule has 2 aliphatic heterocycles. The SMILES string of the molecule is c1ccc2c(c1)CCN1CC3=C(CCCC3)CC21. The number of hydrogen-bond donors (Lipinski definition) is 0. The lowest BCUT2D eigenvalue weighted by Crippen LogP contribution is -2.40. The van der Waals surface area contributed by atoms with E-state index in [9.17, 15) is 0 Å². The molecule has 1 nitrogen and oxygen atoms in total. The molecule has 0 saturated carbocycles. The maximum Gasteiger partial charge on any atom is 0.0391 e. The fraction of sp³-hybridized carbons (Fsp3) is 0.529. The second-order valence-electron chi connectivity index (χ2n) is 6.05. The van der Waals surface area contributed by atoms with E-state index >= 15 is 0 Å². The van der Waals surface area contributed by atoms with Gasteiger partial charge in [0.15, 0.2) is 0 Å². The molecule has 0 radical (unpaired) electrons. The van der Waals surface area contributed by atoms with E-state index in [0.29, 0.717) is 6.04 Å². The Morgan fingerprint density at radius 3 is 2.72 bits per heavy atom. The fourth-order valence-corrected chi connectivity index (χ4v) is 4.08. The van der Waals surface area contributed by atoms with Gasteiger partial charge in [-0.15, -0.1) is 0 Å². The van der Waals surface area contributed by atoms with Crippen molar-refractivity contribution in [2.75, 3.05) is 13.1 Å². The molecule has 4 rings (SSSR count). The average molecular weight is 239 g/mol. The van der Waals surface area contributed by atoms with E-state index in [-0.39, 0.29) is 0 Å². The predicted molar refractivity (Wildman–Crippen MR) is 74.6 cm³/mol. The molecule has 1 aromatic carbocycles. The maximum atomic E-state index is 2.73. The van der Waals surface area contributed by atoms with Crippen molar-refractivity contribution in [3.05, 3.63) is 46.5 Å². The van der Waals surface area contributed by atoms with Crippen LogP contribution in [0.25, 0.3) is 0 Å². The summed E-state index contributed by atoms with van der Waals surface area (Å²) in [5, 5.41) is 0. The highest BCUT2D eigenvalue weighted by Gasteiger charge is 2.33. The summed E-state index contributed by atoms with van der Waals surface area (Å²) in [4.78, 5) is 2.73. The summed E-state index contributed by atoms with van der Waals surface area (Å²) in [6, 6.07) is 9.79. The first-order valence-electron chi connectivity index (χ1n) is 7.43. The Morgan fingerprint density at radius 1 is 0.944 bits per heavy atom. The first kappa shape index (κ1) is 10.8. The molecule has 1 unspecified atom stereocenters. The minimum Gasteiger partial charge on any atom is -0.292 e. The second kappa shape index (κ2) is 4.24. The summed E-state index contributed by atoms with van der Waals surface area (Å²) in [5.41, 5.74) is 6.80. The molecule has 0 spiro atoms. The first-order valence-corrected chi connectivity index (χ1v) is 7.43. The first-order chi connectivity index (χ1) is 8.92. The van der Waals surface area contributed by atoms with Crippen molar-refractivity contribution in [3.8, 4) is 0 Å². The molecule has 18 heavy (non-hydrogen) atoms. The Morgan fingerprint density at radius 2 is 1.78 bits per heavy atom. The van der Waals surface area contributed by atoms with Crippen molar-refractivity contribution in [2.24, 2.45) is 0 Å². The summed E-state index contributed by atoms with van der Waals surface area (Å²) in [5.74, 6) is 0. The molecule has 0 fully saturated rings. The maximum absolute atomic E-state index is 2.73. The molecule has 1 aliphatic carbocycles. The van der Waals surface area contributed by atoms with Crippen molar-refractivity contribution in [2.45, 2.75) is 44.6 Å². The van der Waals surface area contributed by atoms with Gasteiger partial charge in [0, 0.05) is 19.1 Å². The fourth-order valence-electron chi connectivity index (χ4n) is 4.08. The van der Waals surface area contributed by atoms with Gasteiger partial charge in [0.2, 0.25) is 0 Å². The van der Waals surface area contributed by atoms with Crippen LogP contribution in [0.2, 0.25) is 0 Å². The van der Waals surface area contributed by atoms with Crippen molar-refractivity contribution >= 4 is 0 Å². The average Bonchev–Trinajstić information content (AvgIpc) is 2.45. The summed E-state index contributed by atoms with van der Waals surface area (Å²) < 4.78 is 0. The zero-order valence-electron chi connectivity index (χ0n) is 11.0. The largest absolute Gasteiger partial charge is 0.292 e. The standard InChI is InChI=1S/C17H21N/c1-2-7-15-12-18-10-9-13-5-3-4-8-16(13)17(18)11-14(15)6-1/h3-5,8,17H,1-2,6-7,9-12H2. The summed E-state index contributed by atoms with van der Waals surface area (Å²) in [7, 11) is 0. The Balaban J connectivity index is 1.72. The van der Waals surface area contributed by atoms with E-state index in [1.807, 2.05) is 0 Å². The van der Waals surface area contributed by atoms with Crippen LogP contribution in [0.5, 0.6) is 0 Å². The lowest BCUT2D eigenvalue weighted by atomic mass is 9.79. The molecule has 1 atom stereocenters. The highest BCUT2D eigenvalue weighted by molar-refractivity contribution is 5.36. The Kier molecular flexibility index (Phi) is 2.54. The van der Waals surface area contributed by atoms with Crippen LogP contribution in [0.3, 0.4) is 0 Å². The van der Waals surface area contributed by atoms with Crippen LogP contribution in [0.4, 0.5) is 0 Å². The Labute approximate surface area is 109 Å². The molecule has 94 valence electrons. The van der Waals surface area contributed by atoms with Crippen LogP contribution < -0.4 is 0 Å². The monoisotopic (exact) mass is 239 g/mol. The van der Waals surface area contributed by atoms with E-state index in [4.69, 9.17) is 0 Å². The van der Waals surface area contributed by atoms with Crippen LogP contribution in [0.15, 0.2) is 35.4 Å². The third-order valence-electron chi connectivity index (χ3n) is 5.06. The lowest BCUT2D eigenvalue weighted by molar-refractivity contribution is 0.179. The van der Waals surface area contributed by atoms with Gasteiger partial charge in [0.05, 0.1) is 0 Å². The van der Waals surface area contributed by atoms with Crippen molar-refractivity contribution in [1.29, 1.82) is 0 Å². The summed E-state index contributed by atoms with van der Waals surface area (Å²) in [6.07, 6.45) is 8.16. The minimum absolute atomic E-state index is 0.687. The van der Waals surface area contributed by atoms with Crippen molar-refractivity contribution in [1.82, 2.24) is 4.90 Å². The molecule has 3 aliphatic rings. The van der Waals surface area contributed by atoms with Gasteiger partial charge in [-0.25, -0.2) is 0 Å². The molecule has 0 N–H and O–H groups in total. The van der Waals surface area contributed by atoms with Gasteiger partial charge in [-0.3, -0.25) is 4.90 Å². The van der Waals surface area contributed by atoms with Gasteiger partial charge in [-0.1, -0.05) is 35.4 Å². The Hall–Kier alpha value is -1.08. The van der Waals surface area contributed by atoms with Crippen molar-refractivity contribution in [3.63, 3.8) is 0 Å². The highest BCUT2D eigenvalue weighted by atomic mass is 15.2. The van der Waals surface area contributed by atoms with Crippen LogP contribution in [0, 0.1) is 0 Å². The molecule has 0 aromatic heterocycles. The van der Waals surface area contributed by atoms with Gasteiger partial charge < -0.3 is 0 Å². The number of benzene rings is 1. The predicted octanol–water partition coefficient (Wildman–Crippen LogP) is 3.86. The number of hydrogen-bond acceptors (Lipinski definition) is 1. The number of rotatable bonds is 0. The third-order valence-corrected chi connectivity index (χ3v) is 5.06. The molecular formula is C17H21N. The zero-order chi connectivity index (χ0) is 11.9. The second-order valence-corrected chi connectivity index (χ2v) is 6.05. The smallest absolute Gasteiger partial charge is 0.0391 e. The molecule has 0 amide bonds. The Bertz CT molecular complexity index is 500. The topological polar surface area (TPSA) is 3.24 Å². The molecule has 2 heterocycles. The highest BCUT2D eigenvalue weighted by Crippen LogP contribution is 2.42. The van der Waals surface area contributed by atoms with E-state index in [2.05, 4.69) is 29.2 Å². The summed E-state index contributed by atoms with van der Waals surface area (Å²) >= 11 is 0. The van der Waals surface area contributed by atoms with Crippen LogP contribution >= 0.6 is 0 Å². The van der Waals surface area contributed by atoms with Crippen LogP contribution in [0.1, 0.15) is 49.3 Å². The molecular weight excluding hydrogens is 218 g/mol. The van der Waals surface area contributed by atoms with Gasteiger partial charge >= 0.3 is 0 Å². The lowest BCUT2D eigenvalue weighted by Gasteiger charge is -2.43. The van der Waals surface area contributed by atoms with Gasteiger partial charge in [-0.05, 0) is 49.7 Å².